The summed E-state index contributed by atoms with van der Waals surface area (Å²) in [5, 5.41) is 9.62. The summed E-state index contributed by atoms with van der Waals surface area (Å²) < 4.78 is 25.4. The summed E-state index contributed by atoms with van der Waals surface area (Å²) in [6, 6.07) is 31.1. The van der Waals surface area contributed by atoms with Gasteiger partial charge in [-0.2, -0.15) is 0 Å². The van der Waals surface area contributed by atoms with E-state index in [0.717, 1.165) is 65.9 Å². The zero-order valence-corrected chi connectivity index (χ0v) is 28.2. The summed E-state index contributed by atoms with van der Waals surface area (Å²) >= 11 is 0. The standard InChI is InChI=1S/C41H42N2O7/c1-27-36(25-42-19-17-41(18-20-42)47-21-22-48-41)49-40(50-37(27)31-11-9-28(26-44)10-12-31)32-15-13-30(14-16-32)33-6-4-5-29(23-33)24-43-38(45)34-7-2-3-8-35(34)39(43)46/h2-16,23,27,36-37,40,44H,17-22,24-26H2,1H3/t27-,36+,37+,40+/m1/s1. The summed E-state index contributed by atoms with van der Waals surface area (Å²) in [5.74, 6) is -0.854. The van der Waals surface area contributed by atoms with Crippen molar-refractivity contribution in [2.45, 2.75) is 57.2 Å². The molecule has 4 aromatic carbocycles. The maximum atomic E-state index is 13.0. The van der Waals surface area contributed by atoms with Crippen LogP contribution in [0.15, 0.2) is 97.1 Å². The number of likely N-dealkylation sites (tertiary alicyclic amines) is 1. The molecular formula is C41H42N2O7. The molecule has 9 heteroatoms. The zero-order valence-electron chi connectivity index (χ0n) is 28.2. The van der Waals surface area contributed by atoms with Gasteiger partial charge in [0.1, 0.15) is 0 Å². The van der Waals surface area contributed by atoms with Crippen molar-refractivity contribution >= 4 is 11.8 Å². The predicted octanol–water partition coefficient (Wildman–Crippen LogP) is 6.27. The van der Waals surface area contributed by atoms with E-state index in [1.54, 1.807) is 24.3 Å². The average Bonchev–Trinajstić information content (AvgIpc) is 3.72. The van der Waals surface area contributed by atoms with Crippen molar-refractivity contribution in [2.24, 2.45) is 5.92 Å². The third-order valence-electron chi connectivity index (χ3n) is 10.7. The number of benzene rings is 4. The van der Waals surface area contributed by atoms with E-state index in [2.05, 4.69) is 36.1 Å². The Morgan fingerprint density at radius 1 is 0.740 bits per heavy atom. The number of rotatable bonds is 8. The molecule has 258 valence electrons. The van der Waals surface area contributed by atoms with Crippen molar-refractivity contribution in [3.63, 3.8) is 0 Å². The van der Waals surface area contributed by atoms with Gasteiger partial charge in [-0.3, -0.25) is 14.5 Å². The highest BCUT2D eigenvalue weighted by Crippen LogP contribution is 2.43. The van der Waals surface area contributed by atoms with Gasteiger partial charge in [-0.25, -0.2) is 0 Å². The summed E-state index contributed by atoms with van der Waals surface area (Å²) in [7, 11) is 0. The van der Waals surface area contributed by atoms with Crippen LogP contribution in [-0.2, 0) is 32.1 Å². The van der Waals surface area contributed by atoms with Gasteiger partial charge in [-0.1, -0.05) is 85.8 Å². The lowest BCUT2D eigenvalue weighted by molar-refractivity contribution is -0.278. The fourth-order valence-electron chi connectivity index (χ4n) is 7.69. The number of ether oxygens (including phenoxy) is 4. The Hall–Kier alpha value is -4.22. The zero-order chi connectivity index (χ0) is 34.2. The second kappa shape index (κ2) is 13.8. The topological polar surface area (TPSA) is 97.8 Å². The number of hydrogen-bond acceptors (Lipinski definition) is 8. The fraction of sp³-hybridized carbons (Fsp3) is 0.366. The fourth-order valence-corrected chi connectivity index (χ4v) is 7.69. The van der Waals surface area contributed by atoms with Crippen molar-refractivity contribution < 1.29 is 33.6 Å². The minimum Gasteiger partial charge on any atom is -0.392 e. The van der Waals surface area contributed by atoms with E-state index in [9.17, 15) is 14.7 Å². The Kier molecular flexibility index (Phi) is 9.11. The molecule has 4 atom stereocenters. The summed E-state index contributed by atoms with van der Waals surface area (Å²) in [6.07, 6.45) is 0.865. The summed E-state index contributed by atoms with van der Waals surface area (Å²) in [6.45, 7) is 6.28. The number of nitrogens with zero attached hydrogens (tertiary/aromatic N) is 2. The number of imide groups is 1. The largest absolute Gasteiger partial charge is 0.392 e. The molecular weight excluding hydrogens is 632 g/mol. The number of carbonyl (C=O) groups excluding carboxylic acids is 2. The number of piperidine rings is 1. The second-order valence-electron chi connectivity index (χ2n) is 13.8. The van der Waals surface area contributed by atoms with Crippen LogP contribution in [0.5, 0.6) is 0 Å². The molecule has 1 spiro atoms. The van der Waals surface area contributed by atoms with Crippen LogP contribution in [0.2, 0.25) is 0 Å². The van der Waals surface area contributed by atoms with Gasteiger partial charge < -0.3 is 29.0 Å². The number of aliphatic hydroxyl groups excluding tert-OH is 1. The smallest absolute Gasteiger partial charge is 0.261 e. The molecule has 4 heterocycles. The minimum atomic E-state index is -0.564. The highest BCUT2D eigenvalue weighted by atomic mass is 16.7. The molecule has 3 fully saturated rings. The molecule has 0 aliphatic carbocycles. The van der Waals surface area contributed by atoms with Crippen molar-refractivity contribution in [3.05, 3.63) is 130 Å². The normalized spacial score (nSPS) is 25.0. The lowest BCUT2D eigenvalue weighted by Crippen LogP contribution is -2.50. The van der Waals surface area contributed by atoms with E-state index >= 15 is 0 Å². The Balaban J connectivity index is 0.993. The van der Waals surface area contributed by atoms with Crippen LogP contribution in [0.1, 0.15) is 75.1 Å². The number of fused-ring (bicyclic) bond motifs is 1. The van der Waals surface area contributed by atoms with Gasteiger partial charge in [0.15, 0.2) is 12.1 Å². The Labute approximate surface area is 292 Å². The van der Waals surface area contributed by atoms with Crippen LogP contribution in [0, 0.1) is 5.92 Å². The van der Waals surface area contributed by atoms with Gasteiger partial charge >= 0.3 is 0 Å². The number of aliphatic hydroxyl groups is 1. The van der Waals surface area contributed by atoms with Crippen LogP contribution in [-0.4, -0.2) is 71.5 Å². The van der Waals surface area contributed by atoms with E-state index in [1.807, 2.05) is 48.5 Å². The van der Waals surface area contributed by atoms with Crippen molar-refractivity contribution in [1.82, 2.24) is 9.80 Å². The first-order valence-electron chi connectivity index (χ1n) is 17.6. The predicted molar refractivity (Wildman–Crippen MR) is 186 cm³/mol. The maximum Gasteiger partial charge on any atom is 0.261 e. The molecule has 9 nitrogen and oxygen atoms in total. The van der Waals surface area contributed by atoms with E-state index in [-0.39, 0.29) is 43.1 Å². The SMILES string of the molecule is C[C@@H]1[C@H](CN2CCC3(CC2)OCCO3)O[C@H](c2ccc(-c3cccc(CN4C(=O)c5ccccc5C4=O)c3)cc2)O[C@@H]1c1ccc(CO)cc1. The summed E-state index contributed by atoms with van der Waals surface area (Å²) in [4.78, 5) is 29.7. The number of carbonyl (C=O) groups is 2. The highest BCUT2D eigenvalue weighted by Gasteiger charge is 2.43. The lowest BCUT2D eigenvalue weighted by Gasteiger charge is -2.44. The van der Waals surface area contributed by atoms with E-state index in [0.29, 0.717) is 24.3 Å². The van der Waals surface area contributed by atoms with E-state index < -0.39 is 12.1 Å². The van der Waals surface area contributed by atoms with Gasteiger partial charge in [0.2, 0.25) is 0 Å². The average molecular weight is 675 g/mol. The van der Waals surface area contributed by atoms with Gasteiger partial charge in [-0.05, 0) is 46.0 Å². The quantitative estimate of drug-likeness (QED) is 0.219. The first-order valence-corrected chi connectivity index (χ1v) is 17.6. The van der Waals surface area contributed by atoms with Crippen LogP contribution in [0.25, 0.3) is 11.1 Å². The first-order chi connectivity index (χ1) is 24.4. The van der Waals surface area contributed by atoms with Crippen LogP contribution in [0.4, 0.5) is 0 Å². The third kappa shape index (κ3) is 6.41. The Bertz CT molecular complexity index is 1810. The molecule has 4 aromatic rings. The molecule has 1 N–H and O–H groups in total. The van der Waals surface area contributed by atoms with Crippen LogP contribution in [0.3, 0.4) is 0 Å². The molecule has 0 unspecified atom stereocenters. The minimum absolute atomic E-state index is 0.00236. The highest BCUT2D eigenvalue weighted by molar-refractivity contribution is 6.21. The first kappa shape index (κ1) is 33.0. The molecule has 50 heavy (non-hydrogen) atoms. The Morgan fingerprint density at radius 3 is 2.06 bits per heavy atom. The molecule has 3 saturated heterocycles. The Morgan fingerprint density at radius 2 is 1.40 bits per heavy atom. The van der Waals surface area contributed by atoms with Crippen molar-refractivity contribution in [3.8, 4) is 11.1 Å². The van der Waals surface area contributed by atoms with E-state index in [4.69, 9.17) is 18.9 Å². The lowest BCUT2D eigenvalue weighted by atomic mass is 9.89. The molecule has 4 aliphatic rings. The molecule has 4 aliphatic heterocycles. The van der Waals surface area contributed by atoms with Gasteiger partial charge in [-0.15, -0.1) is 0 Å². The van der Waals surface area contributed by atoms with Gasteiger partial charge in [0.05, 0.1) is 49.7 Å². The second-order valence-corrected chi connectivity index (χ2v) is 13.8. The van der Waals surface area contributed by atoms with Crippen LogP contribution < -0.4 is 0 Å². The third-order valence-corrected chi connectivity index (χ3v) is 10.7. The number of amides is 2. The number of hydrogen-bond donors (Lipinski definition) is 1. The monoisotopic (exact) mass is 674 g/mol. The molecule has 0 saturated carbocycles. The molecule has 8 rings (SSSR count). The van der Waals surface area contributed by atoms with Crippen LogP contribution >= 0.6 is 0 Å². The maximum absolute atomic E-state index is 13.0. The summed E-state index contributed by atoms with van der Waals surface area (Å²) in [5.41, 5.74) is 6.63. The van der Waals surface area contributed by atoms with Gasteiger partial charge in [0.25, 0.3) is 11.8 Å². The van der Waals surface area contributed by atoms with Crippen molar-refractivity contribution in [1.29, 1.82) is 0 Å². The van der Waals surface area contributed by atoms with Gasteiger partial charge in [0, 0.05) is 44.0 Å². The molecule has 0 aromatic heterocycles. The van der Waals surface area contributed by atoms with Crippen molar-refractivity contribution in [2.75, 3.05) is 32.8 Å². The molecule has 2 amide bonds. The van der Waals surface area contributed by atoms with E-state index in [1.165, 1.54) is 4.90 Å². The molecule has 0 radical (unpaired) electrons. The molecule has 0 bridgehead atoms.